The fourth-order valence-corrected chi connectivity index (χ4v) is 5.65. The van der Waals surface area contributed by atoms with Crippen LogP contribution in [0.4, 0.5) is 0 Å². The summed E-state index contributed by atoms with van der Waals surface area (Å²) >= 11 is 0. The maximum atomic E-state index is 11.0. The van der Waals surface area contributed by atoms with Gasteiger partial charge < -0.3 is 10.2 Å². The predicted molar refractivity (Wildman–Crippen MR) is 138 cm³/mol. The summed E-state index contributed by atoms with van der Waals surface area (Å²) in [6.45, 7) is 0. The van der Waals surface area contributed by atoms with E-state index in [0.29, 0.717) is 0 Å². The van der Waals surface area contributed by atoms with Crippen LogP contribution in [0, 0.1) is 0 Å². The third kappa shape index (κ3) is 4.20. The predicted octanol–water partition coefficient (Wildman–Crippen LogP) is 6.52. The van der Waals surface area contributed by atoms with Crippen LogP contribution in [0.15, 0.2) is 109 Å². The molecule has 0 unspecified atom stereocenters. The average molecular weight is 449 g/mol. The lowest BCUT2D eigenvalue weighted by molar-refractivity contribution is 0.0612. The van der Waals surface area contributed by atoms with E-state index in [1.54, 1.807) is 0 Å². The van der Waals surface area contributed by atoms with E-state index < -0.39 is 11.2 Å². The first-order valence-corrected chi connectivity index (χ1v) is 12.3. The maximum absolute atomic E-state index is 11.0. The summed E-state index contributed by atoms with van der Waals surface area (Å²) in [5.41, 5.74) is 5.15. The molecule has 4 aromatic rings. The monoisotopic (exact) mass is 448 g/mol. The normalized spacial score (nSPS) is 23.1. The molecule has 34 heavy (non-hydrogen) atoms. The molecule has 0 spiro atoms. The molecule has 2 aliphatic carbocycles. The zero-order valence-electron chi connectivity index (χ0n) is 19.5. The molecule has 0 aliphatic heterocycles. The van der Waals surface area contributed by atoms with E-state index in [4.69, 9.17) is 0 Å². The first-order chi connectivity index (χ1) is 16.6. The fourth-order valence-electron chi connectivity index (χ4n) is 5.65. The van der Waals surface area contributed by atoms with Crippen molar-refractivity contribution in [3.05, 3.63) is 143 Å². The SMILES string of the molecule is O[C@@]1(c2ccccc2)CCCc2ccccc21.O[C@]1(c2ccccc2)CCCc2ccccc21. The van der Waals surface area contributed by atoms with Crippen molar-refractivity contribution in [2.75, 3.05) is 0 Å². The average Bonchev–Trinajstić information content (AvgIpc) is 2.91. The number of hydrogen-bond acceptors (Lipinski definition) is 2. The van der Waals surface area contributed by atoms with E-state index in [1.807, 2.05) is 72.8 Å². The molecule has 0 aromatic heterocycles. The summed E-state index contributed by atoms with van der Waals surface area (Å²) < 4.78 is 0. The highest BCUT2D eigenvalue weighted by atomic mass is 16.3. The summed E-state index contributed by atoms with van der Waals surface area (Å²) in [5.74, 6) is 0. The molecule has 6 rings (SSSR count). The molecule has 172 valence electrons. The largest absolute Gasteiger partial charge is 0.380 e. The van der Waals surface area contributed by atoms with E-state index in [1.165, 1.54) is 11.1 Å². The molecule has 0 amide bonds. The van der Waals surface area contributed by atoms with E-state index in [-0.39, 0.29) is 0 Å². The van der Waals surface area contributed by atoms with Crippen LogP contribution in [0.2, 0.25) is 0 Å². The van der Waals surface area contributed by atoms with Gasteiger partial charge in [0.15, 0.2) is 0 Å². The van der Waals surface area contributed by atoms with E-state index in [0.717, 1.165) is 60.8 Å². The Labute approximate surface area is 202 Å². The van der Waals surface area contributed by atoms with Crippen LogP contribution >= 0.6 is 0 Å². The first kappa shape index (κ1) is 22.6. The van der Waals surface area contributed by atoms with E-state index in [9.17, 15) is 10.2 Å². The van der Waals surface area contributed by atoms with E-state index in [2.05, 4.69) is 36.4 Å². The molecule has 0 fully saturated rings. The molecule has 2 heteroatoms. The van der Waals surface area contributed by atoms with Crippen molar-refractivity contribution in [3.8, 4) is 0 Å². The molecule has 0 saturated carbocycles. The number of benzene rings is 4. The highest BCUT2D eigenvalue weighted by Crippen LogP contribution is 2.41. The Morgan fingerprint density at radius 3 is 1.21 bits per heavy atom. The summed E-state index contributed by atoms with van der Waals surface area (Å²) in [6.07, 6.45) is 5.86. The minimum Gasteiger partial charge on any atom is -0.380 e. The Morgan fingerprint density at radius 1 is 0.441 bits per heavy atom. The van der Waals surface area contributed by atoms with Crippen molar-refractivity contribution in [2.24, 2.45) is 0 Å². The van der Waals surface area contributed by atoms with Crippen LogP contribution in [-0.4, -0.2) is 10.2 Å². The minimum atomic E-state index is -0.796. The van der Waals surface area contributed by atoms with Crippen LogP contribution in [-0.2, 0) is 24.0 Å². The van der Waals surface area contributed by atoms with Gasteiger partial charge >= 0.3 is 0 Å². The number of rotatable bonds is 2. The van der Waals surface area contributed by atoms with Gasteiger partial charge in [0, 0.05) is 0 Å². The molecule has 0 radical (unpaired) electrons. The maximum Gasteiger partial charge on any atom is 0.115 e. The standard InChI is InChI=1S/2C16H16O/c2*17-16(14-9-2-1-3-10-14)12-6-8-13-7-4-5-11-15(13)16/h2*1-5,7,9-11,17H,6,8,12H2/t2*16-/m10/s1. The van der Waals surface area contributed by atoms with Gasteiger partial charge in [-0.3, -0.25) is 0 Å². The third-order valence-corrected chi connectivity index (χ3v) is 7.40. The van der Waals surface area contributed by atoms with Gasteiger partial charge in [-0.1, -0.05) is 109 Å². The van der Waals surface area contributed by atoms with Crippen molar-refractivity contribution in [2.45, 2.75) is 49.7 Å². The smallest absolute Gasteiger partial charge is 0.115 e. The molecule has 0 bridgehead atoms. The zero-order chi connectivity index (χ0) is 23.4. The van der Waals surface area contributed by atoms with Crippen LogP contribution in [0.5, 0.6) is 0 Å². The molecule has 2 nitrogen and oxygen atoms in total. The lowest BCUT2D eigenvalue weighted by Crippen LogP contribution is -2.31. The van der Waals surface area contributed by atoms with Gasteiger partial charge in [0.2, 0.25) is 0 Å². The quantitative estimate of drug-likeness (QED) is 0.367. The highest BCUT2D eigenvalue weighted by molar-refractivity contribution is 5.43. The Hall–Kier alpha value is -3.20. The molecule has 2 atom stereocenters. The van der Waals surface area contributed by atoms with Gasteiger partial charge in [-0.15, -0.1) is 0 Å². The van der Waals surface area contributed by atoms with Crippen molar-refractivity contribution >= 4 is 0 Å². The van der Waals surface area contributed by atoms with Gasteiger partial charge in [0.05, 0.1) is 0 Å². The van der Waals surface area contributed by atoms with Crippen LogP contribution in [0.25, 0.3) is 0 Å². The first-order valence-electron chi connectivity index (χ1n) is 12.3. The van der Waals surface area contributed by atoms with Crippen LogP contribution < -0.4 is 0 Å². The number of aryl methyl sites for hydroxylation is 2. The van der Waals surface area contributed by atoms with E-state index >= 15 is 0 Å². The number of hydrogen-bond donors (Lipinski definition) is 2. The summed E-state index contributed by atoms with van der Waals surface area (Å²) in [6, 6.07) is 36.5. The molecule has 4 aromatic carbocycles. The lowest BCUT2D eigenvalue weighted by atomic mass is 9.75. The zero-order valence-corrected chi connectivity index (χ0v) is 19.5. The van der Waals surface area contributed by atoms with Crippen LogP contribution in [0.1, 0.15) is 59.1 Å². The third-order valence-electron chi connectivity index (χ3n) is 7.40. The highest BCUT2D eigenvalue weighted by Gasteiger charge is 2.36. The van der Waals surface area contributed by atoms with Crippen molar-refractivity contribution in [3.63, 3.8) is 0 Å². The second kappa shape index (κ2) is 9.58. The topological polar surface area (TPSA) is 40.5 Å². The second-order valence-electron chi connectivity index (χ2n) is 9.47. The molecule has 2 N–H and O–H groups in total. The summed E-state index contributed by atoms with van der Waals surface area (Å²) in [7, 11) is 0. The van der Waals surface area contributed by atoms with Crippen molar-refractivity contribution in [1.82, 2.24) is 0 Å². The number of fused-ring (bicyclic) bond motifs is 2. The van der Waals surface area contributed by atoms with Crippen molar-refractivity contribution < 1.29 is 10.2 Å². The van der Waals surface area contributed by atoms with Crippen molar-refractivity contribution in [1.29, 1.82) is 0 Å². The molecular formula is C32H32O2. The minimum absolute atomic E-state index is 0.796. The van der Waals surface area contributed by atoms with Gasteiger partial charge in [-0.25, -0.2) is 0 Å². The Kier molecular flexibility index (Phi) is 6.36. The molecule has 0 heterocycles. The van der Waals surface area contributed by atoms with Gasteiger partial charge in [-0.2, -0.15) is 0 Å². The lowest BCUT2D eigenvalue weighted by Gasteiger charge is -2.35. The summed E-state index contributed by atoms with van der Waals surface area (Å²) in [4.78, 5) is 0. The van der Waals surface area contributed by atoms with Gasteiger partial charge in [0.1, 0.15) is 11.2 Å². The molecule has 2 aliphatic rings. The molecule has 0 saturated heterocycles. The molecular weight excluding hydrogens is 416 g/mol. The van der Waals surface area contributed by atoms with Gasteiger partial charge in [0.25, 0.3) is 0 Å². The second-order valence-corrected chi connectivity index (χ2v) is 9.47. The van der Waals surface area contributed by atoms with Gasteiger partial charge in [-0.05, 0) is 71.9 Å². The number of aliphatic hydroxyl groups is 2. The Balaban J connectivity index is 0.000000142. The Bertz CT molecular complexity index is 1140. The van der Waals surface area contributed by atoms with Crippen LogP contribution in [0.3, 0.4) is 0 Å². The fraction of sp³-hybridized carbons (Fsp3) is 0.250. The summed E-state index contributed by atoms with van der Waals surface area (Å²) in [5, 5.41) is 22.0. The Morgan fingerprint density at radius 2 is 0.794 bits per heavy atom.